The molecule has 15 nitrogen and oxygen atoms in total. The number of carbonyl (C=O) groups is 6. The van der Waals surface area contributed by atoms with Crippen molar-refractivity contribution < 1.29 is 92.0 Å². The van der Waals surface area contributed by atoms with E-state index in [1.165, 1.54) is 9.80 Å². The fourth-order valence-corrected chi connectivity index (χ4v) is 7.41. The Balaban J connectivity index is 0.0000152. The van der Waals surface area contributed by atoms with E-state index in [0.717, 1.165) is 4.90 Å². The number of halogens is 3. The smallest absolute Gasteiger partial charge is 0.480 e. The van der Waals surface area contributed by atoms with E-state index in [2.05, 4.69) is 5.32 Å². The van der Waals surface area contributed by atoms with Gasteiger partial charge in [-0.25, -0.2) is 4.79 Å². The van der Waals surface area contributed by atoms with E-state index >= 15 is 0 Å². The number of carboxylic acid groups (broad SMARTS) is 5. The van der Waals surface area contributed by atoms with Crippen LogP contribution in [-0.4, -0.2) is 135 Å². The standard InChI is InChI=1S/C21H25I3N4O11.Ho/c22-11-5-12(23)20(19(24)18(11)21(38)39)25-13(29)6-27(8-15(32)33)3-1-26(7-14(30)31)2-4-28(9-16(34)35)10-17(36)37;/h5H,1-4,6-10H2,(H,25,29)(H,30,31)(H,32,33)(H,34,35)(H,36,37)(H,38,39);/q;+3/i;1+1. The van der Waals surface area contributed by atoms with Gasteiger partial charge in [0, 0.05) is 33.3 Å². The van der Waals surface area contributed by atoms with E-state index in [0.29, 0.717) is 10.7 Å². The molecule has 0 saturated carbocycles. The second kappa shape index (κ2) is 19.5. The van der Waals surface area contributed by atoms with Gasteiger partial charge in [0.05, 0.1) is 47.5 Å². The number of carboxylic acids is 5. The summed E-state index contributed by atoms with van der Waals surface area (Å²) in [4.78, 5) is 72.8. The van der Waals surface area contributed by atoms with Crippen LogP contribution in [0, 0.1) is 48.4 Å². The van der Waals surface area contributed by atoms with Gasteiger partial charge in [-0.05, 0) is 73.8 Å². The minimum Gasteiger partial charge on any atom is -0.480 e. The zero-order valence-corrected chi connectivity index (χ0v) is 28.8. The number of rotatable bonds is 18. The molecule has 0 bridgehead atoms. The minimum absolute atomic E-state index is 0. The van der Waals surface area contributed by atoms with Gasteiger partial charge in [0.25, 0.3) is 0 Å². The van der Waals surface area contributed by atoms with Crippen LogP contribution >= 0.6 is 67.8 Å². The van der Waals surface area contributed by atoms with Crippen LogP contribution in [0.1, 0.15) is 10.4 Å². The first-order valence-corrected chi connectivity index (χ1v) is 14.1. The zero-order chi connectivity index (χ0) is 29.9. The third-order valence-corrected chi connectivity index (χ3v) is 7.70. The molecule has 0 atom stereocenters. The van der Waals surface area contributed by atoms with E-state index in [1.807, 2.05) is 45.2 Å². The number of amides is 1. The molecule has 6 N–H and O–H groups in total. The van der Waals surface area contributed by atoms with Crippen molar-refractivity contribution in [3.05, 3.63) is 22.3 Å². The molecule has 0 aliphatic carbocycles. The molecule has 19 heteroatoms. The Hall–Kier alpha value is -0.630. The van der Waals surface area contributed by atoms with E-state index in [9.17, 15) is 44.1 Å². The van der Waals surface area contributed by atoms with Crippen molar-refractivity contribution in [2.24, 2.45) is 0 Å². The largest absolute Gasteiger partial charge is 3.00 e. The molecule has 1 rings (SSSR count). The van der Waals surface area contributed by atoms with E-state index in [-0.39, 0.29) is 75.2 Å². The Morgan fingerprint density at radius 2 is 1.00 bits per heavy atom. The summed E-state index contributed by atoms with van der Waals surface area (Å²) in [6.45, 7) is -2.79. The number of nitrogens with one attached hydrogen (secondary N) is 1. The van der Waals surface area contributed by atoms with Crippen molar-refractivity contribution in [1.29, 1.82) is 0 Å². The van der Waals surface area contributed by atoms with Crippen LogP contribution in [-0.2, 0) is 24.0 Å². The maximum Gasteiger partial charge on any atom is 3.00 e. The molecular weight excluding hydrogens is 1030 g/mol. The summed E-state index contributed by atoms with van der Waals surface area (Å²) in [5, 5.41) is 48.6. The molecule has 1 aromatic rings. The fraction of sp³-hybridized carbons (Fsp3) is 0.429. The molecule has 0 unspecified atom stereocenters. The molecule has 1 amide bonds. The van der Waals surface area contributed by atoms with Crippen molar-refractivity contribution in [3.8, 4) is 0 Å². The van der Waals surface area contributed by atoms with Crippen LogP contribution in [0.4, 0.5) is 5.69 Å². The monoisotopic (exact) mass is 1060 g/mol. The van der Waals surface area contributed by atoms with Crippen LogP contribution < -0.4 is 5.32 Å². The summed E-state index contributed by atoms with van der Waals surface area (Å²) in [5.74, 6) is -6.76. The molecule has 0 aliphatic rings. The van der Waals surface area contributed by atoms with E-state index in [4.69, 9.17) is 10.2 Å². The summed E-state index contributed by atoms with van der Waals surface area (Å²) in [6.07, 6.45) is 0. The second-order valence-corrected chi connectivity index (χ2v) is 11.4. The van der Waals surface area contributed by atoms with Crippen LogP contribution in [0.3, 0.4) is 0 Å². The topological polar surface area (TPSA) is 225 Å². The second-order valence-electron chi connectivity index (χ2n) is 8.03. The fourth-order valence-electron chi connectivity index (χ4n) is 3.31. The van der Waals surface area contributed by atoms with Crippen LogP contribution in [0.25, 0.3) is 0 Å². The number of anilines is 1. The Labute approximate surface area is 299 Å². The summed E-state index contributed by atoms with van der Waals surface area (Å²) in [6, 6.07) is 1.58. The maximum absolute atomic E-state index is 12.8. The van der Waals surface area contributed by atoms with Crippen LogP contribution in [0.5, 0.6) is 0 Å². The van der Waals surface area contributed by atoms with Gasteiger partial charge in [0.1, 0.15) is 0 Å². The summed E-state index contributed by atoms with van der Waals surface area (Å²) in [7, 11) is 0. The molecule has 0 spiro atoms. The van der Waals surface area contributed by atoms with Crippen molar-refractivity contribution in [2.45, 2.75) is 0 Å². The molecular formula is C21H25HoI3N4O11+3. The predicted molar refractivity (Wildman–Crippen MR) is 160 cm³/mol. The van der Waals surface area contributed by atoms with Gasteiger partial charge in [-0.15, -0.1) is 0 Å². The number of hydrogen-bond acceptors (Lipinski definition) is 9. The number of nitrogens with zero attached hydrogens (tertiary/aromatic N) is 3. The van der Waals surface area contributed by atoms with E-state index in [1.54, 1.807) is 28.7 Å². The SMILES string of the molecule is O=C(O)CN(CCN(CC(=O)O)CC(=O)O)CCN(CC(=O)O)CC(=O)Nc1c(I)cc(I)c(C(=O)O)c1I.[166Ho+3]. The van der Waals surface area contributed by atoms with Crippen molar-refractivity contribution in [3.63, 3.8) is 0 Å². The normalized spacial score (nSPS) is 10.8. The average molecular weight is 1060 g/mol. The molecule has 0 aromatic heterocycles. The first-order valence-electron chi connectivity index (χ1n) is 10.9. The van der Waals surface area contributed by atoms with Gasteiger partial charge in [-0.2, -0.15) is 0 Å². The first-order chi connectivity index (χ1) is 18.1. The van der Waals surface area contributed by atoms with Gasteiger partial charge in [0.15, 0.2) is 0 Å². The number of hydrogen-bond donors (Lipinski definition) is 6. The van der Waals surface area contributed by atoms with Gasteiger partial charge in [-0.1, -0.05) is 0 Å². The molecule has 1 aromatic carbocycles. The average Bonchev–Trinajstić information content (AvgIpc) is 2.76. The quantitative estimate of drug-likeness (QED) is 0.0865. The number of benzene rings is 1. The molecule has 40 heavy (non-hydrogen) atoms. The summed E-state index contributed by atoms with van der Waals surface area (Å²) in [5.41, 5.74) is 0.275. The molecule has 224 valence electrons. The van der Waals surface area contributed by atoms with Crippen LogP contribution in [0.15, 0.2) is 6.07 Å². The minimum atomic E-state index is -1.26. The van der Waals surface area contributed by atoms with Crippen LogP contribution in [0.2, 0.25) is 0 Å². The zero-order valence-electron chi connectivity index (χ0n) is 20.4. The first kappa shape index (κ1) is 39.4. The van der Waals surface area contributed by atoms with Gasteiger partial charge < -0.3 is 30.8 Å². The number of carbonyl (C=O) groups excluding carboxylic acids is 1. The Morgan fingerprint density at radius 1 is 0.625 bits per heavy atom. The third kappa shape index (κ3) is 15.0. The summed E-state index contributed by atoms with van der Waals surface area (Å²) >= 11 is 5.62. The number of aromatic carboxylic acids is 1. The van der Waals surface area contributed by atoms with Crippen molar-refractivity contribution >= 4 is 109 Å². The third-order valence-electron chi connectivity index (χ3n) is 4.92. The number of aliphatic carboxylic acids is 4. The molecule has 0 radical (unpaired) electrons. The summed E-state index contributed by atoms with van der Waals surface area (Å²) < 4.78 is 1.35. The van der Waals surface area contributed by atoms with E-state index < -0.39 is 68.5 Å². The van der Waals surface area contributed by atoms with Crippen molar-refractivity contribution in [2.75, 3.05) is 64.2 Å². The predicted octanol–water partition coefficient (Wildman–Crippen LogP) is 0.382. The molecule has 0 heterocycles. The Morgan fingerprint density at radius 3 is 1.40 bits per heavy atom. The van der Waals surface area contributed by atoms with Crippen molar-refractivity contribution in [1.82, 2.24) is 14.7 Å². The molecule has 0 fully saturated rings. The Kier molecular flexibility index (Phi) is 19.2. The van der Waals surface area contributed by atoms with Gasteiger partial charge >= 0.3 is 67.6 Å². The molecule has 0 aliphatic heterocycles. The van der Waals surface area contributed by atoms with Gasteiger partial charge in [-0.3, -0.25) is 38.7 Å². The van der Waals surface area contributed by atoms with Gasteiger partial charge in [0.2, 0.25) is 5.91 Å². The maximum atomic E-state index is 12.8. The Bertz CT molecular complexity index is 1110. The molecule has 0 saturated heterocycles.